The van der Waals surface area contributed by atoms with Crippen LogP contribution < -0.4 is 11.2 Å². The summed E-state index contributed by atoms with van der Waals surface area (Å²) in [5.41, 5.74) is 6.99. The van der Waals surface area contributed by atoms with E-state index < -0.39 is 0 Å². The van der Waals surface area contributed by atoms with E-state index in [1.165, 1.54) is 0 Å². The third kappa shape index (κ3) is 1.57. The second kappa shape index (κ2) is 1.88. The Hall–Kier alpha value is -0.770. The fourth-order valence-electron chi connectivity index (χ4n) is 0.609. The first-order valence-electron chi connectivity index (χ1n) is 2.92. The summed E-state index contributed by atoms with van der Waals surface area (Å²) in [5, 5.41) is 8.22. The molecular formula is C5H11N3O. The minimum Gasteiger partial charge on any atom is -0.368 e. The lowest BCUT2D eigenvalue weighted by atomic mass is 10.3. The summed E-state index contributed by atoms with van der Waals surface area (Å²) < 4.78 is 0. The molecule has 0 saturated heterocycles. The third-order valence-corrected chi connectivity index (χ3v) is 1.48. The molecule has 1 rings (SSSR count). The van der Waals surface area contributed by atoms with Gasteiger partial charge in [-0.05, 0) is 19.8 Å². The van der Waals surface area contributed by atoms with Crippen LogP contribution in [0.15, 0.2) is 4.99 Å². The van der Waals surface area contributed by atoms with Crippen LogP contribution >= 0.6 is 0 Å². The van der Waals surface area contributed by atoms with Crippen molar-refractivity contribution < 1.29 is 5.21 Å². The smallest absolute Gasteiger partial charge is 0.213 e. The second-order valence-corrected chi connectivity index (χ2v) is 2.61. The molecular weight excluding hydrogens is 118 g/mol. The van der Waals surface area contributed by atoms with Gasteiger partial charge in [0.2, 0.25) is 5.96 Å². The summed E-state index contributed by atoms with van der Waals surface area (Å²) in [6, 6.07) is 0. The summed E-state index contributed by atoms with van der Waals surface area (Å²) in [7, 11) is 0. The van der Waals surface area contributed by atoms with Crippen LogP contribution in [0, 0.1) is 0 Å². The molecule has 0 radical (unpaired) electrons. The zero-order valence-electron chi connectivity index (χ0n) is 5.39. The van der Waals surface area contributed by atoms with E-state index in [2.05, 4.69) is 4.99 Å². The van der Waals surface area contributed by atoms with Crippen molar-refractivity contribution in [2.24, 2.45) is 10.7 Å². The third-order valence-electron chi connectivity index (χ3n) is 1.48. The van der Waals surface area contributed by atoms with Crippen molar-refractivity contribution in [2.75, 3.05) is 0 Å². The topological polar surface area (TPSA) is 70.6 Å². The maximum atomic E-state index is 8.22. The van der Waals surface area contributed by atoms with Gasteiger partial charge in [-0.1, -0.05) is 0 Å². The quantitative estimate of drug-likeness (QED) is 0.261. The Morgan fingerprint density at radius 3 is 2.67 bits per heavy atom. The van der Waals surface area contributed by atoms with E-state index in [4.69, 9.17) is 10.9 Å². The van der Waals surface area contributed by atoms with Crippen molar-refractivity contribution in [3.63, 3.8) is 0 Å². The molecule has 0 aromatic carbocycles. The Kier molecular flexibility index (Phi) is 1.32. The molecule has 1 aliphatic carbocycles. The number of rotatable bonds is 1. The summed E-state index contributed by atoms with van der Waals surface area (Å²) in [5.74, 6) is 0.106. The molecule has 0 aromatic heterocycles. The number of nitrogens with two attached hydrogens (primary N) is 1. The van der Waals surface area contributed by atoms with Crippen molar-refractivity contribution in [3.05, 3.63) is 0 Å². The molecule has 1 fully saturated rings. The van der Waals surface area contributed by atoms with E-state index in [-0.39, 0.29) is 11.5 Å². The standard InChI is InChI=1S/C5H11N3O/c1-5(2-3-5)7-4(6)8-9/h9H,2-3H2,1H3,(H3,6,7,8). The van der Waals surface area contributed by atoms with Crippen molar-refractivity contribution in [1.82, 2.24) is 5.48 Å². The number of hydroxylamine groups is 1. The maximum Gasteiger partial charge on any atom is 0.213 e. The van der Waals surface area contributed by atoms with Crippen LogP contribution in [0.4, 0.5) is 0 Å². The van der Waals surface area contributed by atoms with E-state index in [1.54, 1.807) is 5.48 Å². The van der Waals surface area contributed by atoms with Gasteiger partial charge in [0.1, 0.15) is 0 Å². The fraction of sp³-hybridized carbons (Fsp3) is 0.800. The molecule has 0 aliphatic heterocycles. The lowest BCUT2D eigenvalue weighted by Gasteiger charge is -2.01. The number of hydrogen-bond donors (Lipinski definition) is 3. The van der Waals surface area contributed by atoms with Crippen LogP contribution in [0.5, 0.6) is 0 Å². The van der Waals surface area contributed by atoms with Gasteiger partial charge in [-0.25, -0.2) is 10.5 Å². The van der Waals surface area contributed by atoms with E-state index in [0.29, 0.717) is 0 Å². The lowest BCUT2D eigenvalue weighted by molar-refractivity contribution is 0.232. The first-order valence-corrected chi connectivity index (χ1v) is 2.92. The Balaban J connectivity index is 2.46. The zero-order chi connectivity index (χ0) is 6.91. The predicted molar refractivity (Wildman–Crippen MR) is 34.2 cm³/mol. The van der Waals surface area contributed by atoms with Crippen molar-refractivity contribution in [1.29, 1.82) is 0 Å². The summed E-state index contributed by atoms with van der Waals surface area (Å²) >= 11 is 0. The van der Waals surface area contributed by atoms with Gasteiger partial charge < -0.3 is 5.73 Å². The van der Waals surface area contributed by atoms with Crippen LogP contribution in [0.1, 0.15) is 19.8 Å². The largest absolute Gasteiger partial charge is 0.368 e. The van der Waals surface area contributed by atoms with E-state index in [0.717, 1.165) is 12.8 Å². The van der Waals surface area contributed by atoms with Gasteiger partial charge >= 0.3 is 0 Å². The van der Waals surface area contributed by atoms with Crippen LogP contribution in [0.2, 0.25) is 0 Å². The summed E-state index contributed by atoms with van der Waals surface area (Å²) in [6.07, 6.45) is 2.13. The highest BCUT2D eigenvalue weighted by Gasteiger charge is 2.37. The molecule has 0 amide bonds. The molecule has 4 heteroatoms. The SMILES string of the molecule is CC1(N=C(N)NO)CC1. The Bertz CT molecular complexity index is 139. The minimum absolute atomic E-state index is 0.0137. The fourth-order valence-corrected chi connectivity index (χ4v) is 0.609. The normalized spacial score (nSPS) is 23.6. The van der Waals surface area contributed by atoms with Gasteiger partial charge in [-0.2, -0.15) is 0 Å². The number of nitrogens with one attached hydrogen (secondary N) is 1. The highest BCUT2D eigenvalue weighted by molar-refractivity contribution is 5.77. The van der Waals surface area contributed by atoms with Gasteiger partial charge in [0.25, 0.3) is 0 Å². The molecule has 0 heterocycles. The van der Waals surface area contributed by atoms with Crippen LogP contribution in [-0.4, -0.2) is 16.7 Å². The van der Waals surface area contributed by atoms with Crippen molar-refractivity contribution >= 4 is 5.96 Å². The average molecular weight is 129 g/mol. The van der Waals surface area contributed by atoms with Gasteiger partial charge in [-0.15, -0.1) is 0 Å². The van der Waals surface area contributed by atoms with Gasteiger partial charge in [0, 0.05) is 0 Å². The Morgan fingerprint density at radius 2 is 2.33 bits per heavy atom. The molecule has 1 aliphatic rings. The summed E-state index contributed by atoms with van der Waals surface area (Å²) in [6.45, 7) is 2.00. The second-order valence-electron chi connectivity index (χ2n) is 2.61. The first kappa shape index (κ1) is 6.35. The molecule has 0 bridgehead atoms. The molecule has 4 nitrogen and oxygen atoms in total. The molecule has 52 valence electrons. The Morgan fingerprint density at radius 1 is 1.78 bits per heavy atom. The molecule has 0 atom stereocenters. The molecule has 0 unspecified atom stereocenters. The van der Waals surface area contributed by atoms with Crippen molar-refractivity contribution in [3.8, 4) is 0 Å². The highest BCUT2D eigenvalue weighted by atomic mass is 16.5. The summed E-state index contributed by atoms with van der Waals surface area (Å²) in [4.78, 5) is 3.97. The van der Waals surface area contributed by atoms with Crippen molar-refractivity contribution in [2.45, 2.75) is 25.3 Å². The van der Waals surface area contributed by atoms with Gasteiger partial charge in [0.15, 0.2) is 0 Å². The molecule has 9 heavy (non-hydrogen) atoms. The lowest BCUT2D eigenvalue weighted by Crippen LogP contribution is -2.30. The Labute approximate surface area is 53.7 Å². The van der Waals surface area contributed by atoms with E-state index >= 15 is 0 Å². The average Bonchev–Trinajstić information content (AvgIpc) is 2.48. The molecule has 1 saturated carbocycles. The number of nitrogens with zero attached hydrogens (tertiary/aromatic N) is 1. The number of guanidine groups is 1. The maximum absolute atomic E-state index is 8.22. The molecule has 0 aromatic rings. The highest BCUT2D eigenvalue weighted by Crippen LogP contribution is 2.38. The van der Waals surface area contributed by atoms with Crippen LogP contribution in [-0.2, 0) is 0 Å². The minimum atomic E-state index is 0.0137. The monoisotopic (exact) mass is 129 g/mol. The van der Waals surface area contributed by atoms with Gasteiger partial charge in [-0.3, -0.25) is 5.21 Å². The molecule has 0 spiro atoms. The molecule has 4 N–H and O–H groups in total. The van der Waals surface area contributed by atoms with Gasteiger partial charge in [0.05, 0.1) is 5.54 Å². The van der Waals surface area contributed by atoms with E-state index in [1.807, 2.05) is 6.92 Å². The predicted octanol–water partition coefficient (Wildman–Crippen LogP) is -0.168. The van der Waals surface area contributed by atoms with Crippen LogP contribution in [0.25, 0.3) is 0 Å². The zero-order valence-corrected chi connectivity index (χ0v) is 5.39. The number of aliphatic imine (C=N–C) groups is 1. The van der Waals surface area contributed by atoms with E-state index in [9.17, 15) is 0 Å². The first-order chi connectivity index (χ1) is 4.16. The number of hydrogen-bond acceptors (Lipinski definition) is 2. The van der Waals surface area contributed by atoms with Crippen LogP contribution in [0.3, 0.4) is 0 Å².